The standard InChI is InChI=1S/C16H18BrN5O/c1-21-6-8-22(9-7-21)16-19-13(10-14(20-16)15(18)23)11-2-4-12(17)5-3-11/h2-5,10H,6-9H2,1H3,(H2,18,23). The zero-order chi connectivity index (χ0) is 16.4. The van der Waals surface area contributed by atoms with E-state index in [-0.39, 0.29) is 5.69 Å². The molecule has 1 aromatic heterocycles. The molecule has 1 aliphatic rings. The summed E-state index contributed by atoms with van der Waals surface area (Å²) in [4.78, 5) is 24.9. The van der Waals surface area contributed by atoms with Crippen molar-refractivity contribution in [3.63, 3.8) is 0 Å². The van der Waals surface area contributed by atoms with Gasteiger partial charge >= 0.3 is 0 Å². The molecule has 0 spiro atoms. The van der Waals surface area contributed by atoms with Gasteiger partial charge in [-0.05, 0) is 25.2 Å². The molecule has 6 nitrogen and oxygen atoms in total. The lowest BCUT2D eigenvalue weighted by molar-refractivity contribution is 0.0995. The van der Waals surface area contributed by atoms with Crippen LogP contribution in [-0.2, 0) is 0 Å². The van der Waals surface area contributed by atoms with Gasteiger partial charge in [0.1, 0.15) is 5.69 Å². The molecule has 0 aliphatic carbocycles. The highest BCUT2D eigenvalue weighted by Gasteiger charge is 2.19. The Labute approximate surface area is 143 Å². The number of amides is 1. The maximum atomic E-state index is 11.6. The van der Waals surface area contributed by atoms with Gasteiger partial charge in [0.05, 0.1) is 5.69 Å². The Morgan fingerprint density at radius 3 is 2.39 bits per heavy atom. The Hall–Kier alpha value is -1.99. The number of halogens is 1. The second-order valence-corrected chi connectivity index (χ2v) is 6.52. The highest BCUT2D eigenvalue weighted by atomic mass is 79.9. The number of carbonyl (C=O) groups excluding carboxylic acids is 1. The number of likely N-dealkylation sites (N-methyl/N-ethyl adjacent to an activating group) is 1. The fraction of sp³-hybridized carbons (Fsp3) is 0.312. The molecule has 7 heteroatoms. The molecule has 1 amide bonds. The van der Waals surface area contributed by atoms with Gasteiger partial charge in [-0.1, -0.05) is 28.1 Å². The number of piperazine rings is 1. The number of rotatable bonds is 3. The van der Waals surface area contributed by atoms with Gasteiger partial charge < -0.3 is 15.5 Å². The van der Waals surface area contributed by atoms with Crippen molar-refractivity contribution in [2.24, 2.45) is 5.73 Å². The second-order valence-electron chi connectivity index (χ2n) is 5.60. The largest absolute Gasteiger partial charge is 0.364 e. The van der Waals surface area contributed by atoms with Gasteiger partial charge in [-0.3, -0.25) is 4.79 Å². The first-order chi connectivity index (χ1) is 11.0. The quantitative estimate of drug-likeness (QED) is 0.884. The van der Waals surface area contributed by atoms with Crippen molar-refractivity contribution in [1.29, 1.82) is 0 Å². The molecule has 2 heterocycles. The number of primary amides is 1. The Balaban J connectivity index is 1.99. The van der Waals surface area contributed by atoms with Crippen LogP contribution in [0.1, 0.15) is 10.5 Å². The van der Waals surface area contributed by atoms with E-state index in [4.69, 9.17) is 5.73 Å². The number of nitrogens with zero attached hydrogens (tertiary/aromatic N) is 4. The first-order valence-electron chi connectivity index (χ1n) is 7.41. The summed E-state index contributed by atoms with van der Waals surface area (Å²) in [6.07, 6.45) is 0. The summed E-state index contributed by atoms with van der Waals surface area (Å²) in [6.45, 7) is 3.55. The van der Waals surface area contributed by atoms with E-state index in [1.54, 1.807) is 6.07 Å². The molecule has 120 valence electrons. The molecule has 1 saturated heterocycles. The molecule has 1 aliphatic heterocycles. The van der Waals surface area contributed by atoms with Crippen molar-refractivity contribution >= 4 is 27.8 Å². The summed E-state index contributed by atoms with van der Waals surface area (Å²) < 4.78 is 0.990. The van der Waals surface area contributed by atoms with E-state index in [2.05, 4.69) is 42.7 Å². The van der Waals surface area contributed by atoms with Gasteiger partial charge in [-0.2, -0.15) is 0 Å². The summed E-state index contributed by atoms with van der Waals surface area (Å²) in [7, 11) is 2.09. The second kappa shape index (κ2) is 6.64. The van der Waals surface area contributed by atoms with Crippen LogP contribution < -0.4 is 10.6 Å². The molecule has 0 radical (unpaired) electrons. The number of aromatic nitrogens is 2. The average molecular weight is 376 g/mol. The molecule has 3 rings (SSSR count). The van der Waals surface area contributed by atoms with Crippen LogP contribution in [0.4, 0.5) is 5.95 Å². The lowest BCUT2D eigenvalue weighted by atomic mass is 10.1. The lowest BCUT2D eigenvalue weighted by Crippen LogP contribution is -2.45. The van der Waals surface area contributed by atoms with Crippen molar-refractivity contribution < 1.29 is 4.79 Å². The van der Waals surface area contributed by atoms with Crippen molar-refractivity contribution in [2.45, 2.75) is 0 Å². The molecule has 0 bridgehead atoms. The van der Waals surface area contributed by atoms with Crippen LogP contribution in [-0.4, -0.2) is 54.0 Å². The number of hydrogen-bond donors (Lipinski definition) is 1. The molecule has 23 heavy (non-hydrogen) atoms. The third-order valence-electron chi connectivity index (χ3n) is 3.89. The first-order valence-corrected chi connectivity index (χ1v) is 8.20. The SMILES string of the molecule is CN1CCN(c2nc(C(N)=O)cc(-c3ccc(Br)cc3)n2)CC1. The Kier molecular flexibility index (Phi) is 4.58. The third-order valence-corrected chi connectivity index (χ3v) is 4.42. The van der Waals surface area contributed by atoms with E-state index in [1.807, 2.05) is 24.3 Å². The summed E-state index contributed by atoms with van der Waals surface area (Å²) in [6, 6.07) is 9.43. The molecule has 0 unspecified atom stereocenters. The zero-order valence-electron chi connectivity index (χ0n) is 12.9. The predicted octanol–water partition coefficient (Wildman–Crippen LogP) is 1.76. The molecule has 0 atom stereocenters. The van der Waals surface area contributed by atoms with Crippen molar-refractivity contribution in [2.75, 3.05) is 38.1 Å². The highest BCUT2D eigenvalue weighted by molar-refractivity contribution is 9.10. The molecular formula is C16H18BrN5O. The van der Waals surface area contributed by atoms with Gasteiger partial charge in [-0.25, -0.2) is 9.97 Å². The van der Waals surface area contributed by atoms with Crippen LogP contribution in [0.3, 0.4) is 0 Å². The number of hydrogen-bond acceptors (Lipinski definition) is 5. The number of carbonyl (C=O) groups is 1. The number of nitrogens with two attached hydrogens (primary N) is 1. The molecule has 2 aromatic rings. The Morgan fingerprint density at radius 1 is 1.13 bits per heavy atom. The molecule has 1 fully saturated rings. The maximum Gasteiger partial charge on any atom is 0.267 e. The van der Waals surface area contributed by atoms with Gasteiger partial charge in [-0.15, -0.1) is 0 Å². The predicted molar refractivity (Wildman–Crippen MR) is 93.4 cm³/mol. The van der Waals surface area contributed by atoms with Crippen LogP contribution in [0.5, 0.6) is 0 Å². The number of benzene rings is 1. The van der Waals surface area contributed by atoms with E-state index in [1.165, 1.54) is 0 Å². The summed E-state index contributed by atoms with van der Waals surface area (Å²) >= 11 is 3.42. The summed E-state index contributed by atoms with van der Waals surface area (Å²) in [5, 5.41) is 0. The van der Waals surface area contributed by atoms with Crippen molar-refractivity contribution in [3.8, 4) is 11.3 Å². The smallest absolute Gasteiger partial charge is 0.267 e. The van der Waals surface area contributed by atoms with Crippen LogP contribution in [0.15, 0.2) is 34.8 Å². The topological polar surface area (TPSA) is 75.3 Å². The number of anilines is 1. The fourth-order valence-electron chi connectivity index (χ4n) is 2.48. The van der Waals surface area contributed by atoms with Gasteiger partial charge in [0.2, 0.25) is 5.95 Å². The maximum absolute atomic E-state index is 11.6. The van der Waals surface area contributed by atoms with Crippen LogP contribution in [0, 0.1) is 0 Å². The van der Waals surface area contributed by atoms with E-state index in [0.717, 1.165) is 36.2 Å². The fourth-order valence-corrected chi connectivity index (χ4v) is 2.74. The monoisotopic (exact) mass is 375 g/mol. The average Bonchev–Trinajstić information content (AvgIpc) is 2.55. The minimum atomic E-state index is -0.541. The minimum absolute atomic E-state index is 0.242. The van der Waals surface area contributed by atoms with Crippen molar-refractivity contribution in [3.05, 3.63) is 40.5 Å². The first kappa shape index (κ1) is 15.9. The normalized spacial score (nSPS) is 15.7. The van der Waals surface area contributed by atoms with Crippen LogP contribution in [0.25, 0.3) is 11.3 Å². The van der Waals surface area contributed by atoms with Crippen LogP contribution in [0.2, 0.25) is 0 Å². The summed E-state index contributed by atoms with van der Waals surface area (Å²) in [5.41, 5.74) is 7.31. The van der Waals surface area contributed by atoms with E-state index in [9.17, 15) is 4.79 Å². The lowest BCUT2D eigenvalue weighted by Gasteiger charge is -2.32. The van der Waals surface area contributed by atoms with Gasteiger partial charge in [0.15, 0.2) is 0 Å². The Morgan fingerprint density at radius 2 is 1.78 bits per heavy atom. The zero-order valence-corrected chi connectivity index (χ0v) is 14.5. The molecule has 2 N–H and O–H groups in total. The van der Waals surface area contributed by atoms with E-state index < -0.39 is 5.91 Å². The van der Waals surface area contributed by atoms with Gasteiger partial charge in [0.25, 0.3) is 5.91 Å². The third kappa shape index (κ3) is 3.68. The van der Waals surface area contributed by atoms with E-state index in [0.29, 0.717) is 11.6 Å². The van der Waals surface area contributed by atoms with Gasteiger partial charge in [0, 0.05) is 36.2 Å². The van der Waals surface area contributed by atoms with Crippen molar-refractivity contribution in [1.82, 2.24) is 14.9 Å². The Bertz CT molecular complexity index is 711. The molecule has 1 aromatic carbocycles. The molecular weight excluding hydrogens is 358 g/mol. The highest BCUT2D eigenvalue weighted by Crippen LogP contribution is 2.23. The minimum Gasteiger partial charge on any atom is -0.364 e. The van der Waals surface area contributed by atoms with Crippen LogP contribution >= 0.6 is 15.9 Å². The van der Waals surface area contributed by atoms with E-state index >= 15 is 0 Å². The molecule has 0 saturated carbocycles. The summed E-state index contributed by atoms with van der Waals surface area (Å²) in [5.74, 6) is 0.0217.